The minimum absolute atomic E-state index is 0.174. The van der Waals surface area contributed by atoms with Crippen molar-refractivity contribution < 1.29 is 4.74 Å². The van der Waals surface area contributed by atoms with E-state index in [1.165, 1.54) is 12.8 Å². The quantitative estimate of drug-likeness (QED) is 0.606. The van der Waals surface area contributed by atoms with Crippen LogP contribution in [-0.2, 0) is 10.5 Å². The van der Waals surface area contributed by atoms with E-state index in [-0.39, 0.29) is 5.69 Å². The van der Waals surface area contributed by atoms with Gasteiger partial charge in [-0.25, -0.2) is 14.8 Å². The van der Waals surface area contributed by atoms with E-state index in [1.54, 1.807) is 22.4 Å². The topological polar surface area (TPSA) is 74.0 Å². The average Bonchev–Trinajstić information content (AvgIpc) is 3.13. The number of hydrogen-bond donors (Lipinski definition) is 1. The Morgan fingerprint density at radius 1 is 1.16 bits per heavy atom. The number of nitrogens with zero attached hydrogens (tertiary/aromatic N) is 4. The number of hydrogen-bond acceptors (Lipinski definition) is 5. The van der Waals surface area contributed by atoms with E-state index in [2.05, 4.69) is 17.2 Å². The molecular weight excluding hydrogens is 402 g/mol. The third kappa shape index (κ3) is 4.48. The summed E-state index contributed by atoms with van der Waals surface area (Å²) >= 11 is 0. The molecule has 3 aromatic rings. The molecule has 170 valence electrons. The van der Waals surface area contributed by atoms with E-state index in [4.69, 9.17) is 9.72 Å². The third-order valence-corrected chi connectivity index (χ3v) is 6.50. The van der Waals surface area contributed by atoms with Crippen LogP contribution >= 0.6 is 0 Å². The van der Waals surface area contributed by atoms with Gasteiger partial charge in [0.25, 0.3) is 0 Å². The molecule has 1 aliphatic carbocycles. The number of methoxy groups -OCH3 is 1. The van der Waals surface area contributed by atoms with Crippen LogP contribution < -0.4 is 11.0 Å². The normalized spacial score (nSPS) is 19.2. The standard InChI is InChI=1S/C25H33N5O2/c1-17-9-11-19(12-10-17)27-23-26-14-13-21(28-23)22-16-29(25(3,4)32-5)24(31)30(22)20-8-6-7-18(2)15-20/h6-8,13-17,19H,9-12H2,1-5H3,(H,26,27,28). The number of nitrogens with one attached hydrogen (secondary N) is 1. The number of aromatic nitrogens is 4. The second kappa shape index (κ2) is 8.90. The van der Waals surface area contributed by atoms with Crippen LogP contribution in [0.4, 0.5) is 5.95 Å². The lowest BCUT2D eigenvalue weighted by Crippen LogP contribution is -2.37. The molecule has 7 nitrogen and oxygen atoms in total. The molecule has 0 radical (unpaired) electrons. The van der Waals surface area contributed by atoms with Crippen molar-refractivity contribution in [2.24, 2.45) is 5.92 Å². The summed E-state index contributed by atoms with van der Waals surface area (Å²) in [6.07, 6.45) is 8.27. The van der Waals surface area contributed by atoms with Crippen molar-refractivity contribution in [3.63, 3.8) is 0 Å². The van der Waals surface area contributed by atoms with Gasteiger partial charge in [-0.2, -0.15) is 0 Å². The van der Waals surface area contributed by atoms with Gasteiger partial charge in [-0.3, -0.25) is 9.13 Å². The average molecular weight is 436 g/mol. The Balaban J connectivity index is 1.77. The first-order valence-electron chi connectivity index (χ1n) is 11.4. The molecule has 0 atom stereocenters. The van der Waals surface area contributed by atoms with Crippen LogP contribution in [0, 0.1) is 12.8 Å². The lowest BCUT2D eigenvalue weighted by Gasteiger charge is -2.26. The molecule has 0 aliphatic heterocycles. The summed E-state index contributed by atoms with van der Waals surface area (Å²) in [7, 11) is 1.61. The monoisotopic (exact) mass is 435 g/mol. The highest BCUT2D eigenvalue weighted by atomic mass is 16.5. The van der Waals surface area contributed by atoms with Crippen LogP contribution in [0.5, 0.6) is 0 Å². The van der Waals surface area contributed by atoms with E-state index in [0.29, 0.717) is 23.4 Å². The fourth-order valence-electron chi connectivity index (χ4n) is 4.29. The Hall–Kier alpha value is -2.93. The van der Waals surface area contributed by atoms with Gasteiger partial charge < -0.3 is 10.1 Å². The molecule has 1 saturated carbocycles. The first-order chi connectivity index (χ1) is 15.3. The Bertz CT molecular complexity index is 1140. The van der Waals surface area contributed by atoms with Gasteiger partial charge in [-0.15, -0.1) is 0 Å². The predicted octanol–water partition coefficient (Wildman–Crippen LogP) is 4.73. The summed E-state index contributed by atoms with van der Waals surface area (Å²) in [6.45, 7) is 8.07. The highest BCUT2D eigenvalue weighted by Gasteiger charge is 2.26. The van der Waals surface area contributed by atoms with Gasteiger partial charge in [-0.1, -0.05) is 19.1 Å². The minimum atomic E-state index is -0.798. The molecule has 0 spiro atoms. The molecule has 0 amide bonds. The number of ether oxygens (including phenoxy) is 1. The Labute approximate surface area is 189 Å². The third-order valence-electron chi connectivity index (χ3n) is 6.50. The van der Waals surface area contributed by atoms with Gasteiger partial charge in [0.15, 0.2) is 0 Å². The van der Waals surface area contributed by atoms with E-state index < -0.39 is 5.72 Å². The Kier molecular flexibility index (Phi) is 6.20. The molecule has 0 saturated heterocycles. The number of imidazole rings is 1. The van der Waals surface area contributed by atoms with Gasteiger partial charge in [0.2, 0.25) is 5.95 Å². The van der Waals surface area contributed by atoms with Crippen LogP contribution in [0.3, 0.4) is 0 Å². The molecule has 32 heavy (non-hydrogen) atoms. The minimum Gasteiger partial charge on any atom is -0.359 e. The summed E-state index contributed by atoms with van der Waals surface area (Å²) in [6, 6.07) is 10.1. The lowest BCUT2D eigenvalue weighted by atomic mass is 9.87. The maximum atomic E-state index is 13.5. The second-order valence-electron chi connectivity index (χ2n) is 9.36. The van der Waals surface area contributed by atoms with Gasteiger partial charge in [0, 0.05) is 25.5 Å². The van der Waals surface area contributed by atoms with Crippen LogP contribution in [-0.4, -0.2) is 32.3 Å². The predicted molar refractivity (Wildman–Crippen MR) is 127 cm³/mol. The number of benzene rings is 1. The highest BCUT2D eigenvalue weighted by molar-refractivity contribution is 5.59. The molecule has 1 aromatic carbocycles. The van der Waals surface area contributed by atoms with Crippen LogP contribution in [0.1, 0.15) is 52.0 Å². The maximum Gasteiger partial charge on any atom is 0.335 e. The fourth-order valence-corrected chi connectivity index (χ4v) is 4.29. The smallest absolute Gasteiger partial charge is 0.335 e. The molecule has 1 N–H and O–H groups in total. The summed E-state index contributed by atoms with van der Waals surface area (Å²) < 4.78 is 8.92. The van der Waals surface area contributed by atoms with Crippen LogP contribution in [0.15, 0.2) is 47.5 Å². The largest absolute Gasteiger partial charge is 0.359 e. The zero-order chi connectivity index (χ0) is 22.9. The highest BCUT2D eigenvalue weighted by Crippen LogP contribution is 2.27. The Morgan fingerprint density at radius 2 is 1.91 bits per heavy atom. The first-order valence-corrected chi connectivity index (χ1v) is 11.4. The van der Waals surface area contributed by atoms with Gasteiger partial charge >= 0.3 is 5.69 Å². The van der Waals surface area contributed by atoms with E-state index >= 15 is 0 Å². The lowest BCUT2D eigenvalue weighted by molar-refractivity contribution is -0.0478. The van der Waals surface area contributed by atoms with Crippen molar-refractivity contribution in [1.82, 2.24) is 19.1 Å². The molecule has 1 fully saturated rings. The van der Waals surface area contributed by atoms with Crippen molar-refractivity contribution in [3.8, 4) is 17.1 Å². The second-order valence-corrected chi connectivity index (χ2v) is 9.36. The molecule has 4 rings (SSSR count). The first kappa shape index (κ1) is 22.3. The van der Waals surface area contributed by atoms with Crippen LogP contribution in [0.2, 0.25) is 0 Å². The molecule has 7 heteroatoms. The molecule has 1 aliphatic rings. The van der Waals surface area contributed by atoms with E-state index in [0.717, 1.165) is 30.0 Å². The van der Waals surface area contributed by atoms with Gasteiger partial charge in [0.05, 0.1) is 17.1 Å². The molecule has 0 unspecified atom stereocenters. The van der Waals surface area contributed by atoms with Crippen molar-refractivity contribution in [1.29, 1.82) is 0 Å². The molecule has 2 heterocycles. The maximum absolute atomic E-state index is 13.5. The zero-order valence-corrected chi connectivity index (χ0v) is 19.6. The van der Waals surface area contributed by atoms with E-state index in [1.807, 2.05) is 57.3 Å². The van der Waals surface area contributed by atoms with Crippen molar-refractivity contribution >= 4 is 5.95 Å². The van der Waals surface area contributed by atoms with Crippen molar-refractivity contribution in [2.45, 2.75) is 65.1 Å². The molecule has 2 aromatic heterocycles. The molecule has 0 bridgehead atoms. The summed E-state index contributed by atoms with van der Waals surface area (Å²) in [5.74, 6) is 1.39. The van der Waals surface area contributed by atoms with Gasteiger partial charge in [0.1, 0.15) is 5.72 Å². The summed E-state index contributed by atoms with van der Waals surface area (Å²) in [4.78, 5) is 22.7. The van der Waals surface area contributed by atoms with Gasteiger partial charge in [-0.05, 0) is 76.1 Å². The zero-order valence-electron chi connectivity index (χ0n) is 19.6. The SMILES string of the molecule is COC(C)(C)n1cc(-c2ccnc(NC3CCC(C)CC3)n2)n(-c2cccc(C)c2)c1=O. The number of anilines is 1. The van der Waals surface area contributed by atoms with Crippen LogP contribution in [0.25, 0.3) is 17.1 Å². The van der Waals surface area contributed by atoms with Crippen molar-refractivity contribution in [2.75, 3.05) is 12.4 Å². The van der Waals surface area contributed by atoms with E-state index in [9.17, 15) is 4.79 Å². The fraction of sp³-hybridized carbons (Fsp3) is 0.480. The summed E-state index contributed by atoms with van der Waals surface area (Å²) in [5, 5.41) is 3.50. The number of aryl methyl sites for hydroxylation is 1. The van der Waals surface area contributed by atoms with Crippen molar-refractivity contribution in [3.05, 3.63) is 58.8 Å². The number of rotatable bonds is 6. The Morgan fingerprint density at radius 3 is 2.59 bits per heavy atom. The summed E-state index contributed by atoms with van der Waals surface area (Å²) in [5.41, 5.74) is 2.30. The molecular formula is C25H33N5O2.